The van der Waals surface area contributed by atoms with E-state index in [0.29, 0.717) is 36.7 Å². The Morgan fingerprint density at radius 3 is 2.42 bits per heavy atom. The van der Waals surface area contributed by atoms with E-state index in [1.807, 2.05) is 0 Å². The van der Waals surface area contributed by atoms with Crippen LogP contribution in [0.1, 0.15) is 60.9 Å². The van der Waals surface area contributed by atoms with Gasteiger partial charge in [-0.25, -0.2) is 4.68 Å². The topological polar surface area (TPSA) is 111 Å². The van der Waals surface area contributed by atoms with E-state index in [2.05, 4.69) is 10.3 Å². The van der Waals surface area contributed by atoms with Crippen LogP contribution in [0, 0.1) is 23.7 Å². The van der Waals surface area contributed by atoms with Gasteiger partial charge in [0.1, 0.15) is 11.3 Å². The van der Waals surface area contributed by atoms with Gasteiger partial charge in [0.25, 0.3) is 5.56 Å². The summed E-state index contributed by atoms with van der Waals surface area (Å²) in [4.78, 5) is 38.5. The first-order valence-electron chi connectivity index (χ1n) is 13.6. The zero-order chi connectivity index (χ0) is 28.4. The van der Waals surface area contributed by atoms with Crippen molar-refractivity contribution < 1.29 is 32.6 Å². The molecule has 0 amide bonds. The number of fused-ring (bicyclic) bond motifs is 1. The average Bonchev–Trinajstić information content (AvgIpc) is 3.60. The van der Waals surface area contributed by atoms with Crippen molar-refractivity contribution in [2.24, 2.45) is 23.7 Å². The molecule has 2 saturated carbocycles. The molecule has 5 rings (SSSR count). The molecule has 0 saturated heterocycles. The molecule has 1 N–H and O–H groups in total. The Morgan fingerprint density at radius 2 is 1.75 bits per heavy atom. The van der Waals surface area contributed by atoms with Gasteiger partial charge in [0, 0.05) is 11.5 Å². The third kappa shape index (κ3) is 5.88. The molecule has 2 aromatic carbocycles. The van der Waals surface area contributed by atoms with Crippen LogP contribution in [-0.4, -0.2) is 38.5 Å². The van der Waals surface area contributed by atoms with Gasteiger partial charge in [-0.05, 0) is 73.6 Å². The van der Waals surface area contributed by atoms with Crippen LogP contribution in [0.25, 0.3) is 10.9 Å². The molecule has 3 aromatic rings. The number of ketones is 1. The molecule has 11 heteroatoms. The molecule has 1 aromatic heterocycles. The molecule has 0 bridgehead atoms. The number of ether oxygens (including phenoxy) is 1. The first-order valence-corrected chi connectivity index (χ1v) is 13.6. The Kier molecular flexibility index (Phi) is 7.91. The second kappa shape index (κ2) is 11.4. The predicted octanol–water partition coefficient (Wildman–Crippen LogP) is 5.38. The number of nitrogens with zero attached hydrogens (tertiary/aromatic N) is 3. The van der Waals surface area contributed by atoms with E-state index in [0.717, 1.165) is 29.3 Å². The number of rotatable bonds is 9. The maximum atomic E-state index is 13.3. The molecule has 0 aliphatic heterocycles. The number of Topliss-reactive ketones (excluding diaryl/α,β-unsaturated/α-hetero) is 1. The third-order valence-corrected chi connectivity index (χ3v) is 8.28. The van der Waals surface area contributed by atoms with Crippen molar-refractivity contribution in [3.63, 3.8) is 0 Å². The quantitative estimate of drug-likeness (QED) is 0.352. The Hall–Kier alpha value is -3.76. The van der Waals surface area contributed by atoms with Gasteiger partial charge in [-0.3, -0.25) is 14.4 Å². The minimum Gasteiger partial charge on any atom is -0.494 e. The molecule has 2 aliphatic carbocycles. The first-order chi connectivity index (χ1) is 19.1. The Balaban J connectivity index is 1.28. The highest BCUT2D eigenvalue weighted by Crippen LogP contribution is 2.40. The molecule has 0 unspecified atom stereocenters. The third-order valence-electron chi connectivity index (χ3n) is 8.28. The summed E-state index contributed by atoms with van der Waals surface area (Å²) in [5.74, 6) is -2.64. The fourth-order valence-corrected chi connectivity index (χ4v) is 6.12. The van der Waals surface area contributed by atoms with Crippen LogP contribution in [-0.2, 0) is 17.5 Å². The number of carboxylic acid groups (broad SMARTS) is 1. The lowest BCUT2D eigenvalue weighted by molar-refractivity contribution is -0.144. The van der Waals surface area contributed by atoms with Crippen LogP contribution < -0.4 is 10.3 Å². The molecular weight excluding hydrogens is 527 g/mol. The van der Waals surface area contributed by atoms with Crippen LogP contribution in [0.4, 0.5) is 13.2 Å². The van der Waals surface area contributed by atoms with Gasteiger partial charge < -0.3 is 9.84 Å². The van der Waals surface area contributed by atoms with E-state index < -0.39 is 41.0 Å². The van der Waals surface area contributed by atoms with Gasteiger partial charge in [0.2, 0.25) is 0 Å². The zero-order valence-electron chi connectivity index (χ0n) is 21.8. The lowest BCUT2D eigenvalue weighted by atomic mass is 9.84. The summed E-state index contributed by atoms with van der Waals surface area (Å²) in [5.41, 5.74) is -1.40. The van der Waals surface area contributed by atoms with Crippen LogP contribution >= 0.6 is 0 Å². The lowest BCUT2D eigenvalue weighted by Crippen LogP contribution is -2.34. The molecule has 212 valence electrons. The molecule has 0 spiro atoms. The number of carbonyl (C=O) groups is 2. The van der Waals surface area contributed by atoms with Crippen LogP contribution in [0.2, 0.25) is 0 Å². The van der Waals surface area contributed by atoms with Crippen molar-refractivity contribution in [2.75, 3.05) is 6.61 Å². The number of alkyl halides is 3. The number of aromatic nitrogens is 3. The molecule has 2 fully saturated rings. The summed E-state index contributed by atoms with van der Waals surface area (Å²) >= 11 is 0. The van der Waals surface area contributed by atoms with Crippen molar-refractivity contribution in [1.29, 1.82) is 0 Å². The van der Waals surface area contributed by atoms with Gasteiger partial charge in [-0.15, -0.1) is 5.10 Å². The van der Waals surface area contributed by atoms with Gasteiger partial charge in [-0.2, -0.15) is 13.2 Å². The van der Waals surface area contributed by atoms with Crippen molar-refractivity contribution >= 4 is 22.7 Å². The average molecular weight is 558 g/mol. The summed E-state index contributed by atoms with van der Waals surface area (Å²) in [6.07, 6.45) is 2.03. The predicted molar refractivity (Wildman–Crippen MR) is 139 cm³/mol. The second-order valence-electron chi connectivity index (χ2n) is 10.8. The highest BCUT2D eigenvalue weighted by Gasteiger charge is 2.45. The number of halogens is 3. The number of hydrogen-bond donors (Lipinski definition) is 1. The molecular formula is C29H30F3N3O5. The summed E-state index contributed by atoms with van der Waals surface area (Å²) in [6, 6.07) is 9.32. The Morgan fingerprint density at radius 1 is 1.02 bits per heavy atom. The first kappa shape index (κ1) is 27.8. The Bertz CT molecular complexity index is 1450. The van der Waals surface area contributed by atoms with Crippen molar-refractivity contribution in [3.8, 4) is 5.75 Å². The number of hydrogen-bond acceptors (Lipinski definition) is 6. The maximum absolute atomic E-state index is 13.3. The number of aliphatic carboxylic acids is 1. The lowest BCUT2D eigenvalue weighted by Gasteiger charge is -2.20. The van der Waals surface area contributed by atoms with Crippen molar-refractivity contribution in [2.45, 2.75) is 57.7 Å². The SMILES string of the molecule is O=C(O)[C@H]1[C@H](Cn2nnc3ccc(C(F)(F)F)cc3c2=O)CC[C@@H]1C(=O)c1ccc(OCCC2CCCC2)cc1. The van der Waals surface area contributed by atoms with Crippen LogP contribution in [0.3, 0.4) is 0 Å². The standard InChI is InChI=1S/C29H30F3N3O5/c30-29(31,32)20-8-12-24-23(15-20)27(37)35(34-33-24)16-19-7-11-22(25(19)28(38)39)26(36)18-5-9-21(10-6-18)40-14-13-17-3-1-2-4-17/h5-6,8-10,12,15,17,19,22,25H,1-4,7,11,13-14,16H2,(H,38,39)/t19-,22-,25-/m0/s1. The van der Waals surface area contributed by atoms with Gasteiger partial charge in [0.15, 0.2) is 5.78 Å². The van der Waals surface area contributed by atoms with Gasteiger partial charge in [0.05, 0.1) is 30.0 Å². The molecule has 0 radical (unpaired) electrons. The minimum absolute atomic E-state index is 0.00877. The molecule has 8 nitrogen and oxygen atoms in total. The molecule has 1 heterocycles. The Labute approximate surface area is 228 Å². The molecule has 2 aliphatic rings. The zero-order valence-corrected chi connectivity index (χ0v) is 21.8. The fourth-order valence-electron chi connectivity index (χ4n) is 6.12. The van der Waals surface area contributed by atoms with E-state index >= 15 is 0 Å². The number of benzene rings is 2. The summed E-state index contributed by atoms with van der Waals surface area (Å²) in [6.45, 7) is 0.435. The monoisotopic (exact) mass is 557 g/mol. The molecule has 3 atom stereocenters. The van der Waals surface area contributed by atoms with E-state index in [-0.39, 0.29) is 23.2 Å². The van der Waals surface area contributed by atoms with Crippen molar-refractivity contribution in [3.05, 3.63) is 63.9 Å². The highest BCUT2D eigenvalue weighted by molar-refractivity contribution is 6.00. The number of carbonyl (C=O) groups excluding carboxylic acids is 1. The summed E-state index contributed by atoms with van der Waals surface area (Å²) in [5, 5.41) is 17.4. The smallest absolute Gasteiger partial charge is 0.416 e. The van der Waals surface area contributed by atoms with E-state index in [1.54, 1.807) is 24.3 Å². The number of carboxylic acids is 1. The van der Waals surface area contributed by atoms with E-state index in [4.69, 9.17) is 4.74 Å². The largest absolute Gasteiger partial charge is 0.494 e. The minimum atomic E-state index is -4.64. The van der Waals surface area contributed by atoms with E-state index in [9.17, 15) is 32.7 Å². The normalized spacial score (nSPS) is 21.6. The van der Waals surface area contributed by atoms with Gasteiger partial charge >= 0.3 is 12.1 Å². The second-order valence-corrected chi connectivity index (χ2v) is 10.8. The highest BCUT2D eigenvalue weighted by atomic mass is 19.4. The van der Waals surface area contributed by atoms with Crippen LogP contribution in [0.15, 0.2) is 47.3 Å². The summed E-state index contributed by atoms with van der Waals surface area (Å²) < 4.78 is 46.2. The van der Waals surface area contributed by atoms with Crippen LogP contribution in [0.5, 0.6) is 5.75 Å². The fraction of sp³-hybridized carbons (Fsp3) is 0.483. The van der Waals surface area contributed by atoms with E-state index in [1.165, 1.54) is 25.7 Å². The summed E-state index contributed by atoms with van der Waals surface area (Å²) in [7, 11) is 0. The molecule has 40 heavy (non-hydrogen) atoms. The van der Waals surface area contributed by atoms with Gasteiger partial charge in [-0.1, -0.05) is 30.9 Å². The van der Waals surface area contributed by atoms with Crippen molar-refractivity contribution in [1.82, 2.24) is 15.0 Å². The maximum Gasteiger partial charge on any atom is 0.416 e.